The molecule has 0 saturated carbocycles. The third kappa shape index (κ3) is 4.05. The third-order valence-electron chi connectivity index (χ3n) is 5.60. The van der Waals surface area contributed by atoms with Crippen molar-refractivity contribution in [1.82, 2.24) is 19.9 Å². The molecule has 5 rings (SSSR count). The predicted molar refractivity (Wildman–Crippen MR) is 120 cm³/mol. The molecule has 8 heteroatoms. The average molecular weight is 455 g/mol. The van der Waals surface area contributed by atoms with Crippen molar-refractivity contribution in [3.05, 3.63) is 70.4 Å². The van der Waals surface area contributed by atoms with E-state index in [4.69, 9.17) is 32.6 Å². The molecular weight excluding hydrogens is 435 g/mol. The Morgan fingerprint density at radius 2 is 2.10 bits per heavy atom. The summed E-state index contributed by atoms with van der Waals surface area (Å²) in [6.45, 7) is 0.734. The van der Waals surface area contributed by atoms with Gasteiger partial charge in [-0.15, -0.1) is 0 Å². The van der Waals surface area contributed by atoms with Crippen LogP contribution in [0, 0.1) is 0 Å². The Bertz CT molecular complexity index is 1220. The highest BCUT2D eigenvalue weighted by atomic mass is 35.5. The van der Waals surface area contributed by atoms with E-state index in [1.165, 1.54) is 0 Å². The van der Waals surface area contributed by atoms with Crippen molar-refractivity contribution in [3.8, 4) is 11.3 Å². The first-order chi connectivity index (χ1) is 15.1. The Balaban J connectivity index is 1.26. The van der Waals surface area contributed by atoms with Gasteiger partial charge in [0.15, 0.2) is 11.7 Å². The van der Waals surface area contributed by atoms with Crippen LogP contribution in [0.15, 0.2) is 53.1 Å². The highest BCUT2D eigenvalue weighted by molar-refractivity contribution is 6.36. The summed E-state index contributed by atoms with van der Waals surface area (Å²) in [5, 5.41) is 1.06. The standard InChI is InChI=1S/C23H20Cl2N4O2/c24-14-7-8-15(16(25)12-14)20-13-26-21(31-20)9-10-22(30)29-11-3-6-19(29)23-27-17-4-1-2-5-18(17)28-23/h1-2,4-5,7-8,12-13,19H,3,6,9-11H2,(H,27,28). The molecule has 1 fully saturated rings. The first kappa shape index (κ1) is 20.1. The molecule has 2 aromatic carbocycles. The summed E-state index contributed by atoms with van der Waals surface area (Å²) in [6.07, 6.45) is 4.25. The van der Waals surface area contributed by atoms with Gasteiger partial charge in [-0.2, -0.15) is 0 Å². The topological polar surface area (TPSA) is 75.0 Å². The largest absolute Gasteiger partial charge is 0.441 e. The zero-order chi connectivity index (χ0) is 21.4. The van der Waals surface area contributed by atoms with E-state index in [1.54, 1.807) is 24.4 Å². The molecule has 1 aliphatic rings. The van der Waals surface area contributed by atoms with E-state index in [1.807, 2.05) is 29.2 Å². The minimum absolute atomic E-state index is 0.0205. The summed E-state index contributed by atoms with van der Waals surface area (Å²) < 4.78 is 5.83. The normalized spacial score (nSPS) is 16.3. The Morgan fingerprint density at radius 1 is 1.23 bits per heavy atom. The van der Waals surface area contributed by atoms with E-state index >= 15 is 0 Å². The number of nitrogens with one attached hydrogen (secondary N) is 1. The van der Waals surface area contributed by atoms with Crippen LogP contribution >= 0.6 is 23.2 Å². The SMILES string of the molecule is O=C(CCc1ncc(-c2ccc(Cl)cc2Cl)o1)N1CCCC1c1nc2ccccc2[nH]1. The van der Waals surface area contributed by atoms with Crippen LogP contribution in [0.25, 0.3) is 22.4 Å². The first-order valence-electron chi connectivity index (χ1n) is 10.2. The van der Waals surface area contributed by atoms with Crippen LogP contribution in [0.3, 0.4) is 0 Å². The number of rotatable bonds is 5. The lowest BCUT2D eigenvalue weighted by atomic mass is 10.2. The quantitative estimate of drug-likeness (QED) is 0.412. The number of hydrogen-bond acceptors (Lipinski definition) is 4. The number of aromatic nitrogens is 3. The number of aromatic amines is 1. The van der Waals surface area contributed by atoms with E-state index in [0.717, 1.165) is 41.8 Å². The second-order valence-corrected chi connectivity index (χ2v) is 8.47. The summed E-state index contributed by atoms with van der Waals surface area (Å²) in [4.78, 5) is 27.3. The molecule has 0 aliphatic carbocycles. The minimum atomic E-state index is -0.0205. The molecule has 0 bridgehead atoms. The number of aryl methyl sites for hydroxylation is 1. The molecule has 1 amide bonds. The van der Waals surface area contributed by atoms with Crippen LogP contribution in [0.1, 0.15) is 37.0 Å². The number of hydrogen-bond donors (Lipinski definition) is 1. The summed E-state index contributed by atoms with van der Waals surface area (Å²) in [7, 11) is 0. The lowest BCUT2D eigenvalue weighted by molar-refractivity contribution is -0.132. The van der Waals surface area contributed by atoms with Crippen molar-refractivity contribution in [1.29, 1.82) is 0 Å². The van der Waals surface area contributed by atoms with Crippen molar-refractivity contribution in [2.24, 2.45) is 0 Å². The van der Waals surface area contributed by atoms with Gasteiger partial charge in [-0.05, 0) is 43.2 Å². The number of imidazole rings is 1. The molecule has 0 spiro atoms. The van der Waals surface area contributed by atoms with Crippen LogP contribution in [0.2, 0.25) is 10.0 Å². The Hall–Kier alpha value is -2.83. The smallest absolute Gasteiger partial charge is 0.223 e. The van der Waals surface area contributed by atoms with Gasteiger partial charge in [-0.1, -0.05) is 35.3 Å². The van der Waals surface area contributed by atoms with E-state index in [0.29, 0.717) is 34.5 Å². The fourth-order valence-electron chi connectivity index (χ4n) is 4.08. The zero-order valence-electron chi connectivity index (χ0n) is 16.6. The molecule has 1 atom stereocenters. The maximum Gasteiger partial charge on any atom is 0.223 e. The molecule has 3 heterocycles. The number of halogens is 2. The number of carbonyl (C=O) groups is 1. The highest BCUT2D eigenvalue weighted by Crippen LogP contribution is 2.33. The number of amides is 1. The Morgan fingerprint density at radius 3 is 2.94 bits per heavy atom. The average Bonchev–Trinajstić information content (AvgIpc) is 3.50. The second-order valence-electron chi connectivity index (χ2n) is 7.63. The van der Waals surface area contributed by atoms with Gasteiger partial charge in [0.1, 0.15) is 5.82 Å². The molecule has 0 radical (unpaired) electrons. The minimum Gasteiger partial charge on any atom is -0.441 e. The molecule has 2 aromatic heterocycles. The van der Waals surface area contributed by atoms with Gasteiger partial charge in [-0.25, -0.2) is 9.97 Å². The lowest BCUT2D eigenvalue weighted by Crippen LogP contribution is -2.31. The Labute approximate surface area is 189 Å². The molecule has 4 aromatic rings. The van der Waals surface area contributed by atoms with Gasteiger partial charge in [0.05, 0.1) is 28.3 Å². The number of nitrogens with zero attached hydrogens (tertiary/aromatic N) is 3. The van der Waals surface area contributed by atoms with Crippen molar-refractivity contribution < 1.29 is 9.21 Å². The number of para-hydroxylation sites is 2. The highest BCUT2D eigenvalue weighted by Gasteiger charge is 2.32. The summed E-state index contributed by atoms with van der Waals surface area (Å²) in [5.41, 5.74) is 2.63. The zero-order valence-corrected chi connectivity index (χ0v) is 18.2. The van der Waals surface area contributed by atoms with Crippen LogP contribution in [-0.4, -0.2) is 32.3 Å². The monoisotopic (exact) mass is 454 g/mol. The van der Waals surface area contributed by atoms with Crippen molar-refractivity contribution in [2.75, 3.05) is 6.54 Å². The van der Waals surface area contributed by atoms with Crippen molar-refractivity contribution in [2.45, 2.75) is 31.7 Å². The molecule has 31 heavy (non-hydrogen) atoms. The van der Waals surface area contributed by atoms with Gasteiger partial charge in [0, 0.05) is 30.0 Å². The van der Waals surface area contributed by atoms with Crippen LogP contribution in [0.4, 0.5) is 0 Å². The number of benzene rings is 2. The molecule has 1 N–H and O–H groups in total. The number of fused-ring (bicyclic) bond motifs is 1. The molecule has 158 valence electrons. The van der Waals surface area contributed by atoms with Crippen molar-refractivity contribution >= 4 is 40.1 Å². The molecule has 1 unspecified atom stereocenters. The summed E-state index contributed by atoms with van der Waals surface area (Å²) >= 11 is 12.2. The molecule has 1 saturated heterocycles. The van der Waals surface area contributed by atoms with E-state index in [9.17, 15) is 4.79 Å². The second kappa shape index (κ2) is 8.36. The van der Waals surface area contributed by atoms with Crippen LogP contribution in [0.5, 0.6) is 0 Å². The fraction of sp³-hybridized carbons (Fsp3) is 0.261. The fourth-order valence-corrected chi connectivity index (χ4v) is 4.58. The van der Waals surface area contributed by atoms with E-state index in [-0.39, 0.29) is 11.9 Å². The van der Waals surface area contributed by atoms with Crippen LogP contribution < -0.4 is 0 Å². The van der Waals surface area contributed by atoms with Gasteiger partial charge in [0.25, 0.3) is 0 Å². The first-order valence-corrected chi connectivity index (χ1v) is 11.0. The lowest BCUT2D eigenvalue weighted by Gasteiger charge is -2.23. The van der Waals surface area contributed by atoms with Gasteiger partial charge >= 0.3 is 0 Å². The van der Waals surface area contributed by atoms with Gasteiger partial charge in [0.2, 0.25) is 5.91 Å². The Kier molecular flexibility index (Phi) is 5.42. The summed E-state index contributed by atoms with van der Waals surface area (Å²) in [5.74, 6) is 1.99. The molecule has 1 aliphatic heterocycles. The maximum atomic E-state index is 13.0. The number of oxazole rings is 1. The van der Waals surface area contributed by atoms with E-state index in [2.05, 4.69) is 9.97 Å². The molecule has 6 nitrogen and oxygen atoms in total. The number of carbonyl (C=O) groups excluding carboxylic acids is 1. The van der Waals surface area contributed by atoms with Crippen molar-refractivity contribution in [3.63, 3.8) is 0 Å². The third-order valence-corrected chi connectivity index (χ3v) is 6.15. The molecular formula is C23H20Cl2N4O2. The van der Waals surface area contributed by atoms with Gasteiger partial charge < -0.3 is 14.3 Å². The maximum absolute atomic E-state index is 13.0. The van der Waals surface area contributed by atoms with Crippen LogP contribution in [-0.2, 0) is 11.2 Å². The predicted octanol–water partition coefficient (Wildman–Crippen LogP) is 5.82. The summed E-state index contributed by atoms with van der Waals surface area (Å²) in [6, 6.07) is 13.1. The number of H-pyrrole nitrogens is 1. The van der Waals surface area contributed by atoms with E-state index < -0.39 is 0 Å². The number of likely N-dealkylation sites (tertiary alicyclic amines) is 1. The van der Waals surface area contributed by atoms with Gasteiger partial charge in [-0.3, -0.25) is 4.79 Å².